The van der Waals surface area contributed by atoms with Gasteiger partial charge in [0.15, 0.2) is 5.75 Å². The molecule has 1 saturated carbocycles. The van der Waals surface area contributed by atoms with Gasteiger partial charge in [-0.3, -0.25) is 0 Å². The van der Waals surface area contributed by atoms with Gasteiger partial charge >= 0.3 is 0 Å². The van der Waals surface area contributed by atoms with Crippen LogP contribution in [0.1, 0.15) is 12.8 Å². The average Bonchev–Trinajstić information content (AvgIpc) is 3.01. The standard InChI is InChI=1S/C12H19N3O/c1-14(2)10-7-12(15(3)4)13-8-11(10)16-9-5-6-9/h7-9H,5-6H2,1-4H3. The Bertz CT molecular complexity index is 373. The first-order valence-corrected chi connectivity index (χ1v) is 5.59. The van der Waals surface area contributed by atoms with Crippen molar-refractivity contribution in [2.24, 2.45) is 0 Å². The summed E-state index contributed by atoms with van der Waals surface area (Å²) < 4.78 is 5.83. The Morgan fingerprint density at radius 2 is 1.88 bits per heavy atom. The SMILES string of the molecule is CN(C)c1cc(N(C)C)c(OC2CC2)cn1. The highest BCUT2D eigenvalue weighted by atomic mass is 16.5. The molecule has 1 aliphatic carbocycles. The smallest absolute Gasteiger partial charge is 0.161 e. The molecule has 0 bridgehead atoms. The molecule has 0 spiro atoms. The Morgan fingerprint density at radius 3 is 2.38 bits per heavy atom. The molecule has 1 heterocycles. The van der Waals surface area contributed by atoms with Gasteiger partial charge < -0.3 is 14.5 Å². The maximum atomic E-state index is 5.83. The maximum absolute atomic E-state index is 5.83. The van der Waals surface area contributed by atoms with Gasteiger partial charge in [0.2, 0.25) is 0 Å². The molecule has 0 atom stereocenters. The summed E-state index contributed by atoms with van der Waals surface area (Å²) in [7, 11) is 8.02. The van der Waals surface area contributed by atoms with E-state index >= 15 is 0 Å². The Hall–Kier alpha value is -1.45. The predicted molar refractivity (Wildman–Crippen MR) is 66.5 cm³/mol. The van der Waals surface area contributed by atoms with Crippen molar-refractivity contribution in [3.8, 4) is 5.75 Å². The zero-order valence-corrected chi connectivity index (χ0v) is 10.4. The van der Waals surface area contributed by atoms with E-state index in [1.54, 1.807) is 0 Å². The first-order valence-electron chi connectivity index (χ1n) is 5.59. The molecule has 1 aliphatic rings. The highest BCUT2D eigenvalue weighted by molar-refractivity contribution is 5.62. The zero-order chi connectivity index (χ0) is 11.7. The van der Waals surface area contributed by atoms with Crippen molar-refractivity contribution in [2.45, 2.75) is 18.9 Å². The van der Waals surface area contributed by atoms with Crippen molar-refractivity contribution in [1.82, 2.24) is 4.98 Å². The minimum absolute atomic E-state index is 0.408. The van der Waals surface area contributed by atoms with E-state index in [1.165, 1.54) is 12.8 Å². The zero-order valence-electron chi connectivity index (χ0n) is 10.4. The first kappa shape index (κ1) is 11.0. The molecule has 16 heavy (non-hydrogen) atoms. The van der Waals surface area contributed by atoms with Crippen LogP contribution in [0, 0.1) is 0 Å². The van der Waals surface area contributed by atoms with Crippen LogP contribution >= 0.6 is 0 Å². The van der Waals surface area contributed by atoms with Crippen molar-refractivity contribution >= 4 is 11.5 Å². The lowest BCUT2D eigenvalue weighted by Crippen LogP contribution is -2.15. The van der Waals surface area contributed by atoms with Crippen LogP contribution < -0.4 is 14.5 Å². The predicted octanol–water partition coefficient (Wildman–Crippen LogP) is 1.75. The number of ether oxygens (including phenoxy) is 1. The number of pyridine rings is 1. The lowest BCUT2D eigenvalue weighted by atomic mass is 10.3. The molecule has 0 amide bonds. The third kappa shape index (κ3) is 2.38. The number of rotatable bonds is 4. The van der Waals surface area contributed by atoms with Gasteiger partial charge in [-0.15, -0.1) is 0 Å². The van der Waals surface area contributed by atoms with E-state index in [0.29, 0.717) is 6.10 Å². The van der Waals surface area contributed by atoms with Crippen molar-refractivity contribution < 1.29 is 4.74 Å². The van der Waals surface area contributed by atoms with Crippen molar-refractivity contribution in [3.63, 3.8) is 0 Å². The summed E-state index contributed by atoms with van der Waals surface area (Å²) in [6, 6.07) is 2.05. The van der Waals surface area contributed by atoms with Crippen LogP contribution in [0.2, 0.25) is 0 Å². The van der Waals surface area contributed by atoms with Gasteiger partial charge in [0.05, 0.1) is 18.0 Å². The number of nitrogens with zero attached hydrogens (tertiary/aromatic N) is 3. The molecule has 4 heteroatoms. The summed E-state index contributed by atoms with van der Waals surface area (Å²) in [5, 5.41) is 0. The largest absolute Gasteiger partial charge is 0.487 e. The third-order valence-electron chi connectivity index (χ3n) is 2.59. The first-order chi connectivity index (χ1) is 7.58. The summed E-state index contributed by atoms with van der Waals surface area (Å²) in [6.07, 6.45) is 4.57. The van der Waals surface area contributed by atoms with E-state index in [2.05, 4.69) is 16.0 Å². The van der Waals surface area contributed by atoms with Crippen molar-refractivity contribution in [2.75, 3.05) is 38.0 Å². The minimum Gasteiger partial charge on any atom is -0.487 e. The van der Waals surface area contributed by atoms with Crippen LogP contribution in [0.4, 0.5) is 11.5 Å². The molecule has 0 radical (unpaired) electrons. The van der Waals surface area contributed by atoms with E-state index in [9.17, 15) is 0 Å². The van der Waals surface area contributed by atoms with Crippen molar-refractivity contribution in [3.05, 3.63) is 12.3 Å². The second kappa shape index (κ2) is 4.20. The van der Waals surface area contributed by atoms with Gasteiger partial charge in [0.1, 0.15) is 5.82 Å². The van der Waals surface area contributed by atoms with Gasteiger partial charge in [-0.2, -0.15) is 0 Å². The topological polar surface area (TPSA) is 28.6 Å². The number of hydrogen-bond donors (Lipinski definition) is 0. The summed E-state index contributed by atoms with van der Waals surface area (Å²) in [5.74, 6) is 1.84. The second-order valence-electron chi connectivity index (χ2n) is 4.62. The van der Waals surface area contributed by atoms with E-state index in [-0.39, 0.29) is 0 Å². The molecule has 0 saturated heterocycles. The molecule has 0 aromatic carbocycles. The van der Waals surface area contributed by atoms with Crippen LogP contribution in [0.3, 0.4) is 0 Å². The molecule has 1 aromatic rings. The van der Waals surface area contributed by atoms with Gasteiger partial charge in [-0.25, -0.2) is 4.98 Å². The molecule has 0 aliphatic heterocycles. The molecule has 1 aromatic heterocycles. The summed E-state index contributed by atoms with van der Waals surface area (Å²) >= 11 is 0. The molecule has 2 rings (SSSR count). The highest BCUT2D eigenvalue weighted by Gasteiger charge is 2.25. The fraction of sp³-hybridized carbons (Fsp3) is 0.583. The van der Waals surface area contributed by atoms with Crippen LogP contribution in [-0.4, -0.2) is 39.3 Å². The van der Waals surface area contributed by atoms with Crippen LogP contribution in [0.25, 0.3) is 0 Å². The maximum Gasteiger partial charge on any atom is 0.161 e. The molecule has 88 valence electrons. The van der Waals surface area contributed by atoms with E-state index in [0.717, 1.165) is 17.3 Å². The lowest BCUT2D eigenvalue weighted by Gasteiger charge is -2.20. The summed E-state index contributed by atoms with van der Waals surface area (Å²) in [4.78, 5) is 8.43. The average molecular weight is 221 g/mol. The third-order valence-corrected chi connectivity index (χ3v) is 2.59. The highest BCUT2D eigenvalue weighted by Crippen LogP contribution is 2.34. The number of anilines is 2. The Morgan fingerprint density at radius 1 is 1.19 bits per heavy atom. The number of aromatic nitrogens is 1. The van der Waals surface area contributed by atoms with Crippen LogP contribution in [0.15, 0.2) is 12.3 Å². The second-order valence-corrected chi connectivity index (χ2v) is 4.62. The normalized spacial score (nSPS) is 14.8. The molecule has 1 fully saturated rings. The molecular weight excluding hydrogens is 202 g/mol. The molecule has 0 N–H and O–H groups in total. The summed E-state index contributed by atoms with van der Waals surface area (Å²) in [6.45, 7) is 0. The summed E-state index contributed by atoms with van der Waals surface area (Å²) in [5.41, 5.74) is 1.09. The molecular formula is C12H19N3O. The van der Waals surface area contributed by atoms with Gasteiger partial charge in [-0.1, -0.05) is 0 Å². The Kier molecular flexibility index (Phi) is 2.90. The number of hydrogen-bond acceptors (Lipinski definition) is 4. The van der Waals surface area contributed by atoms with Gasteiger partial charge in [0.25, 0.3) is 0 Å². The van der Waals surface area contributed by atoms with E-state index in [1.807, 2.05) is 39.3 Å². The fourth-order valence-electron chi connectivity index (χ4n) is 1.47. The van der Waals surface area contributed by atoms with E-state index in [4.69, 9.17) is 4.74 Å². The Labute approximate surface area is 96.8 Å². The fourth-order valence-corrected chi connectivity index (χ4v) is 1.47. The quantitative estimate of drug-likeness (QED) is 0.774. The van der Waals surface area contributed by atoms with Gasteiger partial charge in [0, 0.05) is 34.3 Å². The lowest BCUT2D eigenvalue weighted by molar-refractivity contribution is 0.303. The van der Waals surface area contributed by atoms with Gasteiger partial charge in [-0.05, 0) is 12.8 Å². The van der Waals surface area contributed by atoms with Crippen molar-refractivity contribution in [1.29, 1.82) is 0 Å². The van der Waals surface area contributed by atoms with Crippen LogP contribution in [0.5, 0.6) is 5.75 Å². The minimum atomic E-state index is 0.408. The monoisotopic (exact) mass is 221 g/mol. The van der Waals surface area contributed by atoms with E-state index < -0.39 is 0 Å². The molecule has 4 nitrogen and oxygen atoms in total. The molecule has 0 unspecified atom stereocenters. The van der Waals surface area contributed by atoms with Crippen LogP contribution in [-0.2, 0) is 0 Å². The Balaban J connectivity index is 2.28.